The lowest BCUT2D eigenvalue weighted by Crippen LogP contribution is -2.33. The maximum Gasteiger partial charge on any atom is 0.123 e. The molecule has 2 rings (SSSR count). The number of nitrogens with one attached hydrogen (secondary N) is 1. The third kappa shape index (κ3) is 3.24. The van der Waals surface area contributed by atoms with Gasteiger partial charge in [0, 0.05) is 31.2 Å². The lowest BCUT2D eigenvalue weighted by molar-refractivity contribution is 0.208. The van der Waals surface area contributed by atoms with Crippen molar-refractivity contribution in [3.63, 3.8) is 0 Å². The minimum absolute atomic E-state index is 0.630. The van der Waals surface area contributed by atoms with Gasteiger partial charge in [0.05, 0.1) is 7.11 Å². The monoisotopic (exact) mass is 248 g/mol. The molecule has 1 fully saturated rings. The van der Waals surface area contributed by atoms with Gasteiger partial charge in [0.25, 0.3) is 0 Å². The molecule has 18 heavy (non-hydrogen) atoms. The van der Waals surface area contributed by atoms with Gasteiger partial charge in [0.1, 0.15) is 5.75 Å². The standard InChI is InChI=1S/C15H24N2O/c1-12-4-5-15(18-3)14(10-12)11-17-9-8-16-7-6-13(17)2/h4-5,10,13,16H,6-9,11H2,1-3H3. The van der Waals surface area contributed by atoms with Gasteiger partial charge >= 0.3 is 0 Å². The summed E-state index contributed by atoms with van der Waals surface area (Å²) in [5, 5.41) is 3.46. The van der Waals surface area contributed by atoms with Crippen LogP contribution in [0.3, 0.4) is 0 Å². The highest BCUT2D eigenvalue weighted by atomic mass is 16.5. The van der Waals surface area contributed by atoms with Crippen LogP contribution < -0.4 is 10.1 Å². The topological polar surface area (TPSA) is 24.5 Å². The van der Waals surface area contributed by atoms with Gasteiger partial charge in [-0.3, -0.25) is 4.90 Å². The Hall–Kier alpha value is -1.06. The zero-order chi connectivity index (χ0) is 13.0. The maximum absolute atomic E-state index is 5.47. The molecule has 1 heterocycles. The Morgan fingerprint density at radius 1 is 1.39 bits per heavy atom. The zero-order valence-electron chi connectivity index (χ0n) is 11.7. The first kappa shape index (κ1) is 13.4. The SMILES string of the molecule is COc1ccc(C)cc1CN1CCNCCC1C. The molecule has 1 N–H and O–H groups in total. The van der Waals surface area contributed by atoms with E-state index >= 15 is 0 Å². The van der Waals surface area contributed by atoms with Crippen LogP contribution in [-0.2, 0) is 6.54 Å². The van der Waals surface area contributed by atoms with E-state index in [0.29, 0.717) is 6.04 Å². The highest BCUT2D eigenvalue weighted by Gasteiger charge is 2.18. The molecule has 1 unspecified atom stereocenters. The Morgan fingerprint density at radius 2 is 2.22 bits per heavy atom. The number of hydrogen-bond donors (Lipinski definition) is 1. The average Bonchev–Trinajstić information content (AvgIpc) is 2.55. The van der Waals surface area contributed by atoms with Gasteiger partial charge in [-0.05, 0) is 32.9 Å². The van der Waals surface area contributed by atoms with Gasteiger partial charge in [-0.1, -0.05) is 17.7 Å². The molecule has 1 aliphatic rings. The number of aryl methyl sites for hydroxylation is 1. The predicted molar refractivity (Wildman–Crippen MR) is 75.1 cm³/mol. The fourth-order valence-electron chi connectivity index (χ4n) is 2.55. The highest BCUT2D eigenvalue weighted by Crippen LogP contribution is 2.22. The fourth-order valence-corrected chi connectivity index (χ4v) is 2.55. The van der Waals surface area contributed by atoms with Gasteiger partial charge in [0.2, 0.25) is 0 Å². The Kier molecular flexibility index (Phi) is 4.61. The lowest BCUT2D eigenvalue weighted by Gasteiger charge is -2.27. The molecule has 1 aliphatic heterocycles. The minimum Gasteiger partial charge on any atom is -0.496 e. The molecule has 1 atom stereocenters. The molecule has 0 saturated carbocycles. The first-order valence-electron chi connectivity index (χ1n) is 6.79. The second-order valence-electron chi connectivity index (χ2n) is 5.17. The summed E-state index contributed by atoms with van der Waals surface area (Å²) < 4.78 is 5.47. The summed E-state index contributed by atoms with van der Waals surface area (Å²) in [5.74, 6) is 1.00. The first-order valence-corrected chi connectivity index (χ1v) is 6.79. The van der Waals surface area contributed by atoms with E-state index in [1.165, 1.54) is 17.5 Å². The van der Waals surface area contributed by atoms with Crippen molar-refractivity contribution in [2.45, 2.75) is 32.9 Å². The quantitative estimate of drug-likeness (QED) is 0.887. The lowest BCUT2D eigenvalue weighted by atomic mass is 10.1. The van der Waals surface area contributed by atoms with Gasteiger partial charge < -0.3 is 10.1 Å². The van der Waals surface area contributed by atoms with Crippen LogP contribution in [0.15, 0.2) is 18.2 Å². The van der Waals surface area contributed by atoms with Crippen molar-refractivity contribution in [1.82, 2.24) is 10.2 Å². The maximum atomic E-state index is 5.47. The van der Waals surface area contributed by atoms with Gasteiger partial charge in [-0.15, -0.1) is 0 Å². The summed E-state index contributed by atoms with van der Waals surface area (Å²) in [5.41, 5.74) is 2.60. The van der Waals surface area contributed by atoms with Crippen molar-refractivity contribution in [3.05, 3.63) is 29.3 Å². The fraction of sp³-hybridized carbons (Fsp3) is 0.600. The second kappa shape index (κ2) is 6.21. The van der Waals surface area contributed by atoms with Crippen LogP contribution in [0, 0.1) is 6.92 Å². The summed E-state index contributed by atoms with van der Waals surface area (Å²) in [6.45, 7) is 8.75. The summed E-state index contributed by atoms with van der Waals surface area (Å²) in [4.78, 5) is 2.54. The predicted octanol–water partition coefficient (Wildman–Crippen LogP) is 2.19. The molecule has 0 radical (unpaired) electrons. The molecule has 100 valence electrons. The number of nitrogens with zero attached hydrogens (tertiary/aromatic N) is 1. The van der Waals surface area contributed by atoms with E-state index in [0.717, 1.165) is 31.9 Å². The second-order valence-corrected chi connectivity index (χ2v) is 5.17. The van der Waals surface area contributed by atoms with Gasteiger partial charge in [-0.25, -0.2) is 0 Å². The highest BCUT2D eigenvalue weighted by molar-refractivity contribution is 5.36. The van der Waals surface area contributed by atoms with Crippen molar-refractivity contribution < 1.29 is 4.74 Å². The van der Waals surface area contributed by atoms with E-state index in [1.807, 2.05) is 0 Å². The Balaban J connectivity index is 2.13. The van der Waals surface area contributed by atoms with E-state index in [9.17, 15) is 0 Å². The third-order valence-electron chi connectivity index (χ3n) is 3.75. The molecule has 0 amide bonds. The van der Waals surface area contributed by atoms with Crippen molar-refractivity contribution in [3.8, 4) is 5.75 Å². The van der Waals surface area contributed by atoms with Crippen LogP contribution in [0.5, 0.6) is 5.75 Å². The molecular weight excluding hydrogens is 224 g/mol. The molecule has 1 aromatic rings. The van der Waals surface area contributed by atoms with Crippen LogP contribution >= 0.6 is 0 Å². The number of benzene rings is 1. The minimum atomic E-state index is 0.630. The molecule has 0 spiro atoms. The number of methoxy groups -OCH3 is 1. The normalized spacial score (nSPS) is 21.6. The number of hydrogen-bond acceptors (Lipinski definition) is 3. The van der Waals surface area contributed by atoms with Crippen LogP contribution in [0.1, 0.15) is 24.5 Å². The van der Waals surface area contributed by atoms with Crippen LogP contribution in [-0.4, -0.2) is 37.7 Å². The molecule has 3 heteroatoms. The molecule has 0 aliphatic carbocycles. The van der Waals surface area contributed by atoms with Gasteiger partial charge in [0.15, 0.2) is 0 Å². The molecule has 0 aromatic heterocycles. The van der Waals surface area contributed by atoms with Crippen LogP contribution in [0.4, 0.5) is 0 Å². The molecule has 1 aromatic carbocycles. The Morgan fingerprint density at radius 3 is 3.00 bits per heavy atom. The number of rotatable bonds is 3. The van der Waals surface area contributed by atoms with Crippen molar-refractivity contribution >= 4 is 0 Å². The van der Waals surface area contributed by atoms with Crippen LogP contribution in [0.25, 0.3) is 0 Å². The summed E-state index contributed by atoms with van der Waals surface area (Å²) in [6.07, 6.45) is 1.22. The van der Waals surface area contributed by atoms with E-state index < -0.39 is 0 Å². The van der Waals surface area contributed by atoms with Crippen molar-refractivity contribution in [1.29, 1.82) is 0 Å². The Bertz CT molecular complexity index is 392. The van der Waals surface area contributed by atoms with Crippen molar-refractivity contribution in [2.24, 2.45) is 0 Å². The summed E-state index contributed by atoms with van der Waals surface area (Å²) >= 11 is 0. The zero-order valence-corrected chi connectivity index (χ0v) is 11.7. The Labute approximate surface area is 110 Å². The molecular formula is C15H24N2O. The smallest absolute Gasteiger partial charge is 0.123 e. The van der Waals surface area contributed by atoms with E-state index in [4.69, 9.17) is 4.74 Å². The number of ether oxygens (including phenoxy) is 1. The molecule has 3 nitrogen and oxygen atoms in total. The van der Waals surface area contributed by atoms with E-state index in [2.05, 4.69) is 42.3 Å². The summed E-state index contributed by atoms with van der Waals surface area (Å²) in [6, 6.07) is 7.05. The molecule has 1 saturated heterocycles. The first-order chi connectivity index (χ1) is 8.70. The largest absolute Gasteiger partial charge is 0.496 e. The van der Waals surface area contributed by atoms with Gasteiger partial charge in [-0.2, -0.15) is 0 Å². The third-order valence-corrected chi connectivity index (χ3v) is 3.75. The summed E-state index contributed by atoms with van der Waals surface area (Å²) in [7, 11) is 1.75. The van der Waals surface area contributed by atoms with Crippen LogP contribution in [0.2, 0.25) is 0 Å². The molecule has 0 bridgehead atoms. The van der Waals surface area contributed by atoms with E-state index in [-0.39, 0.29) is 0 Å². The van der Waals surface area contributed by atoms with Crippen molar-refractivity contribution in [2.75, 3.05) is 26.7 Å². The van der Waals surface area contributed by atoms with E-state index in [1.54, 1.807) is 7.11 Å². The average molecular weight is 248 g/mol.